The van der Waals surface area contributed by atoms with Crippen molar-refractivity contribution in [3.05, 3.63) is 58.4 Å². The summed E-state index contributed by atoms with van der Waals surface area (Å²) >= 11 is 1.19. The monoisotopic (exact) mass is 354 g/mol. The van der Waals surface area contributed by atoms with Crippen LogP contribution in [0.1, 0.15) is 22.0 Å². The number of hydrogen-bond acceptors (Lipinski definition) is 6. The molecule has 0 saturated heterocycles. The molecule has 0 radical (unpaired) electrons. The first-order valence-corrected chi connectivity index (χ1v) is 8.50. The van der Waals surface area contributed by atoms with Crippen molar-refractivity contribution in [2.75, 3.05) is 5.73 Å². The van der Waals surface area contributed by atoms with Crippen LogP contribution in [0.2, 0.25) is 0 Å². The first-order valence-electron chi connectivity index (χ1n) is 7.68. The van der Waals surface area contributed by atoms with Gasteiger partial charge in [0.25, 0.3) is 0 Å². The Morgan fingerprint density at radius 1 is 1.32 bits per heavy atom. The fourth-order valence-electron chi connectivity index (χ4n) is 2.58. The summed E-state index contributed by atoms with van der Waals surface area (Å²) in [6.45, 7) is 4.06. The van der Waals surface area contributed by atoms with Crippen LogP contribution in [-0.2, 0) is 11.2 Å². The predicted octanol–water partition coefficient (Wildman–Crippen LogP) is 2.22. The van der Waals surface area contributed by atoms with Gasteiger partial charge in [-0.2, -0.15) is 5.10 Å². The van der Waals surface area contributed by atoms with E-state index in [4.69, 9.17) is 5.73 Å². The standard InChI is InChI=1S/C17H18N6OS/c1-11-8-13(12(2)23(11)14-6-4-3-5-7-14)10-19-20-15(24)9-16-21-22-17(18)25-16/h3-8,10H,9H2,1-2H3,(H2,18,22)(H,20,24)/b19-10+. The summed E-state index contributed by atoms with van der Waals surface area (Å²) < 4.78 is 2.15. The number of aryl methyl sites for hydroxylation is 1. The number of benzene rings is 1. The molecule has 7 nitrogen and oxygen atoms in total. The van der Waals surface area contributed by atoms with Crippen LogP contribution in [0.5, 0.6) is 0 Å². The predicted molar refractivity (Wildman–Crippen MR) is 99.0 cm³/mol. The Labute approximate surface area is 149 Å². The molecule has 8 heteroatoms. The molecule has 128 valence electrons. The van der Waals surface area contributed by atoms with Crippen LogP contribution in [0.25, 0.3) is 5.69 Å². The maximum absolute atomic E-state index is 11.9. The SMILES string of the molecule is Cc1cc(/C=N/NC(=O)Cc2nnc(N)s2)c(C)n1-c1ccccc1. The average molecular weight is 354 g/mol. The Morgan fingerprint density at radius 2 is 2.08 bits per heavy atom. The number of nitrogens with one attached hydrogen (secondary N) is 1. The third-order valence-electron chi connectivity index (χ3n) is 3.67. The molecule has 0 aliphatic heterocycles. The number of carbonyl (C=O) groups excluding carboxylic acids is 1. The molecule has 0 aliphatic carbocycles. The number of anilines is 1. The highest BCUT2D eigenvalue weighted by Gasteiger charge is 2.10. The minimum absolute atomic E-state index is 0.106. The zero-order valence-corrected chi connectivity index (χ0v) is 14.7. The van der Waals surface area contributed by atoms with Gasteiger partial charge in [-0.25, -0.2) is 5.43 Å². The Bertz CT molecular complexity index is 913. The summed E-state index contributed by atoms with van der Waals surface area (Å²) in [5.41, 5.74) is 12.2. The van der Waals surface area contributed by atoms with E-state index in [1.807, 2.05) is 38.1 Å². The lowest BCUT2D eigenvalue weighted by atomic mass is 10.2. The van der Waals surface area contributed by atoms with Crippen LogP contribution in [-0.4, -0.2) is 26.9 Å². The Kier molecular flexibility index (Phi) is 4.90. The lowest BCUT2D eigenvalue weighted by Crippen LogP contribution is -2.19. The van der Waals surface area contributed by atoms with E-state index < -0.39 is 0 Å². The van der Waals surface area contributed by atoms with Gasteiger partial charge < -0.3 is 10.3 Å². The van der Waals surface area contributed by atoms with Crippen molar-refractivity contribution in [1.29, 1.82) is 0 Å². The molecule has 0 saturated carbocycles. The lowest BCUT2D eigenvalue weighted by Gasteiger charge is -2.08. The molecule has 0 bridgehead atoms. The maximum atomic E-state index is 11.9. The fraction of sp³-hybridized carbons (Fsp3) is 0.176. The van der Waals surface area contributed by atoms with Crippen LogP contribution < -0.4 is 11.2 Å². The van der Waals surface area contributed by atoms with Gasteiger partial charge in [-0.1, -0.05) is 29.5 Å². The highest BCUT2D eigenvalue weighted by Crippen LogP contribution is 2.19. The Morgan fingerprint density at radius 3 is 2.76 bits per heavy atom. The number of rotatable bonds is 5. The van der Waals surface area contributed by atoms with Crippen molar-refractivity contribution in [2.24, 2.45) is 5.10 Å². The number of nitrogen functional groups attached to an aromatic ring is 1. The number of nitrogens with two attached hydrogens (primary N) is 1. The zero-order valence-electron chi connectivity index (χ0n) is 13.9. The van der Waals surface area contributed by atoms with Gasteiger partial charge in [0.05, 0.1) is 12.6 Å². The summed E-state index contributed by atoms with van der Waals surface area (Å²) in [5.74, 6) is -0.260. The van der Waals surface area contributed by atoms with Gasteiger partial charge >= 0.3 is 0 Å². The molecule has 0 aliphatic rings. The average Bonchev–Trinajstić information content (AvgIpc) is 3.11. The van der Waals surface area contributed by atoms with Gasteiger partial charge in [0, 0.05) is 22.6 Å². The van der Waals surface area contributed by atoms with Crippen LogP contribution >= 0.6 is 11.3 Å². The number of hydrazone groups is 1. The van der Waals surface area contributed by atoms with Gasteiger partial charge in [-0.15, -0.1) is 10.2 Å². The number of hydrogen-bond donors (Lipinski definition) is 2. The van der Waals surface area contributed by atoms with Gasteiger partial charge in [-0.3, -0.25) is 4.79 Å². The minimum atomic E-state index is -0.260. The second kappa shape index (κ2) is 7.27. The van der Waals surface area contributed by atoms with Crippen molar-refractivity contribution in [3.8, 4) is 5.69 Å². The molecule has 0 fully saturated rings. The number of para-hydroxylation sites is 1. The van der Waals surface area contributed by atoms with Gasteiger partial charge in [0.1, 0.15) is 5.01 Å². The minimum Gasteiger partial charge on any atom is -0.374 e. The molecular formula is C17H18N6OS. The van der Waals surface area contributed by atoms with Crippen LogP contribution in [0.4, 0.5) is 5.13 Å². The molecule has 25 heavy (non-hydrogen) atoms. The van der Waals surface area contributed by atoms with Crippen molar-refractivity contribution in [3.63, 3.8) is 0 Å². The first kappa shape index (κ1) is 16.8. The normalized spacial score (nSPS) is 11.1. The summed E-state index contributed by atoms with van der Waals surface area (Å²) in [6, 6.07) is 12.1. The molecule has 1 amide bonds. The molecule has 0 atom stereocenters. The first-order chi connectivity index (χ1) is 12.0. The Hall–Kier alpha value is -3.00. The van der Waals surface area contributed by atoms with Crippen LogP contribution in [0.15, 0.2) is 41.5 Å². The van der Waals surface area contributed by atoms with E-state index >= 15 is 0 Å². The highest BCUT2D eigenvalue weighted by atomic mass is 32.1. The summed E-state index contributed by atoms with van der Waals surface area (Å²) in [7, 11) is 0. The van der Waals surface area contributed by atoms with E-state index in [0.29, 0.717) is 10.1 Å². The quantitative estimate of drug-likeness (QED) is 0.542. The molecular weight excluding hydrogens is 336 g/mol. The number of carbonyl (C=O) groups is 1. The zero-order chi connectivity index (χ0) is 17.8. The molecule has 2 heterocycles. The summed E-state index contributed by atoms with van der Waals surface area (Å²) in [4.78, 5) is 11.9. The maximum Gasteiger partial charge on any atom is 0.247 e. The third kappa shape index (κ3) is 3.92. The molecule has 3 N–H and O–H groups in total. The topological polar surface area (TPSA) is 98.2 Å². The van der Waals surface area contributed by atoms with Gasteiger partial charge in [0.15, 0.2) is 0 Å². The summed E-state index contributed by atoms with van der Waals surface area (Å²) in [6.07, 6.45) is 1.75. The van der Waals surface area contributed by atoms with E-state index in [9.17, 15) is 4.79 Å². The van der Waals surface area contributed by atoms with Crippen molar-refractivity contribution < 1.29 is 4.79 Å². The smallest absolute Gasteiger partial charge is 0.247 e. The molecule has 0 spiro atoms. The molecule has 3 rings (SSSR count). The summed E-state index contributed by atoms with van der Waals surface area (Å²) in [5, 5.41) is 12.4. The Balaban J connectivity index is 1.69. The molecule has 3 aromatic rings. The number of amides is 1. The lowest BCUT2D eigenvalue weighted by molar-refractivity contribution is -0.120. The largest absolute Gasteiger partial charge is 0.374 e. The highest BCUT2D eigenvalue weighted by molar-refractivity contribution is 7.15. The van der Waals surface area contributed by atoms with E-state index in [1.165, 1.54) is 11.3 Å². The van der Waals surface area contributed by atoms with Gasteiger partial charge in [0.2, 0.25) is 11.0 Å². The fourth-order valence-corrected chi connectivity index (χ4v) is 3.19. The van der Waals surface area contributed by atoms with Crippen molar-refractivity contribution in [1.82, 2.24) is 20.2 Å². The van der Waals surface area contributed by atoms with Crippen molar-refractivity contribution >= 4 is 28.6 Å². The van der Waals surface area contributed by atoms with Crippen LogP contribution in [0.3, 0.4) is 0 Å². The van der Waals surface area contributed by atoms with Crippen molar-refractivity contribution in [2.45, 2.75) is 20.3 Å². The number of nitrogens with zero attached hydrogens (tertiary/aromatic N) is 4. The third-order valence-corrected chi connectivity index (χ3v) is 4.42. The second-order valence-electron chi connectivity index (χ2n) is 5.50. The van der Waals surface area contributed by atoms with Crippen LogP contribution in [0, 0.1) is 13.8 Å². The molecule has 1 aromatic carbocycles. The molecule has 2 aromatic heterocycles. The van der Waals surface area contributed by atoms with E-state index in [0.717, 1.165) is 22.6 Å². The van der Waals surface area contributed by atoms with E-state index in [2.05, 4.69) is 37.4 Å². The second-order valence-corrected chi connectivity index (χ2v) is 6.60. The number of aromatic nitrogens is 3. The van der Waals surface area contributed by atoms with E-state index in [-0.39, 0.29) is 12.3 Å². The van der Waals surface area contributed by atoms with E-state index in [1.54, 1.807) is 6.21 Å². The van der Waals surface area contributed by atoms with Gasteiger partial charge in [-0.05, 0) is 32.0 Å². The molecule has 0 unspecified atom stereocenters.